The maximum atomic E-state index is 6.17. The first kappa shape index (κ1) is 10.7. The summed E-state index contributed by atoms with van der Waals surface area (Å²) in [6, 6.07) is 13.4. The van der Waals surface area contributed by atoms with Crippen LogP contribution in [-0.4, -0.2) is 14.8 Å². The first-order chi connectivity index (χ1) is 8.27. The van der Waals surface area contributed by atoms with Crippen LogP contribution in [0, 0.1) is 0 Å². The number of hydrogen-bond acceptors (Lipinski definition) is 2. The fourth-order valence-electron chi connectivity index (χ4n) is 1.73. The highest BCUT2D eigenvalue weighted by molar-refractivity contribution is 9.10. The number of fused-ring (bicyclic) bond motifs is 1. The molecule has 17 heavy (non-hydrogen) atoms. The van der Waals surface area contributed by atoms with Crippen molar-refractivity contribution in [1.82, 2.24) is 14.8 Å². The molecule has 1 aromatic carbocycles. The fraction of sp³-hybridized carbons (Fsp3) is 0. The van der Waals surface area contributed by atoms with E-state index in [2.05, 4.69) is 26.2 Å². The lowest BCUT2D eigenvalue weighted by atomic mass is 10.1. The van der Waals surface area contributed by atoms with E-state index < -0.39 is 0 Å². The summed E-state index contributed by atoms with van der Waals surface area (Å²) in [7, 11) is 0. The Balaban J connectivity index is 2.33. The predicted octanol–water partition coefficient (Wildman–Crippen LogP) is 3.81. The van der Waals surface area contributed by atoms with Gasteiger partial charge < -0.3 is 0 Å². The fourth-order valence-corrected chi connectivity index (χ4v) is 2.37. The van der Waals surface area contributed by atoms with Crippen molar-refractivity contribution in [3.63, 3.8) is 0 Å². The van der Waals surface area contributed by atoms with Crippen LogP contribution in [0.15, 0.2) is 47.1 Å². The molecule has 0 aliphatic heterocycles. The number of halogens is 2. The highest BCUT2D eigenvalue weighted by Crippen LogP contribution is 2.29. The van der Waals surface area contributed by atoms with E-state index in [1.807, 2.05) is 42.5 Å². The van der Waals surface area contributed by atoms with Crippen molar-refractivity contribution < 1.29 is 0 Å². The molecule has 0 spiro atoms. The lowest BCUT2D eigenvalue weighted by Gasteiger charge is -2.00. The Morgan fingerprint density at radius 3 is 2.71 bits per heavy atom. The van der Waals surface area contributed by atoms with Gasteiger partial charge in [-0.15, -0.1) is 5.10 Å². The van der Waals surface area contributed by atoms with Crippen LogP contribution in [-0.2, 0) is 0 Å². The molecule has 0 aliphatic rings. The minimum Gasteiger partial charge on any atom is -0.206 e. The van der Waals surface area contributed by atoms with Gasteiger partial charge in [0.05, 0.1) is 10.5 Å². The highest BCUT2D eigenvalue weighted by Gasteiger charge is 2.12. The third kappa shape index (κ3) is 1.73. The molecule has 2 aromatic heterocycles. The highest BCUT2D eigenvalue weighted by atomic mass is 79.9. The van der Waals surface area contributed by atoms with E-state index in [-0.39, 0.29) is 0 Å². The van der Waals surface area contributed by atoms with Crippen molar-refractivity contribution in [3.8, 4) is 11.3 Å². The van der Waals surface area contributed by atoms with Gasteiger partial charge in [-0.1, -0.05) is 41.1 Å². The molecule has 0 radical (unpaired) electrons. The summed E-state index contributed by atoms with van der Waals surface area (Å²) in [5.74, 6) is 0. The van der Waals surface area contributed by atoms with Crippen LogP contribution in [0.5, 0.6) is 0 Å². The first-order valence-corrected chi connectivity index (χ1v) is 6.19. The summed E-state index contributed by atoms with van der Waals surface area (Å²) in [5.41, 5.74) is 2.60. The Morgan fingerprint density at radius 2 is 1.88 bits per heavy atom. The van der Waals surface area contributed by atoms with Crippen LogP contribution in [0.1, 0.15) is 0 Å². The first-order valence-electron chi connectivity index (χ1n) is 5.02. The third-order valence-corrected chi connectivity index (χ3v) is 3.45. The summed E-state index contributed by atoms with van der Waals surface area (Å²) >= 11 is 9.60. The van der Waals surface area contributed by atoms with E-state index in [1.54, 1.807) is 4.52 Å². The van der Waals surface area contributed by atoms with Gasteiger partial charge in [-0.2, -0.15) is 0 Å². The monoisotopic (exact) mass is 307 g/mol. The Hall–Kier alpha value is -1.39. The van der Waals surface area contributed by atoms with Crippen molar-refractivity contribution in [3.05, 3.63) is 52.1 Å². The molecule has 2 heterocycles. The molecule has 0 saturated carbocycles. The van der Waals surface area contributed by atoms with Crippen molar-refractivity contribution >= 4 is 33.0 Å². The molecule has 0 unspecified atom stereocenters. The number of benzene rings is 1. The largest absolute Gasteiger partial charge is 0.206 e. The summed E-state index contributed by atoms with van der Waals surface area (Å²) in [6.45, 7) is 0. The third-order valence-electron chi connectivity index (χ3n) is 2.52. The number of hydrogen-bond donors (Lipinski definition) is 0. The van der Waals surface area contributed by atoms with E-state index in [9.17, 15) is 0 Å². The quantitative estimate of drug-likeness (QED) is 0.640. The average Bonchev–Trinajstić information content (AvgIpc) is 2.75. The molecule has 0 bridgehead atoms. The van der Waals surface area contributed by atoms with Crippen molar-refractivity contribution in [2.24, 2.45) is 0 Å². The van der Waals surface area contributed by atoms with Crippen LogP contribution >= 0.6 is 27.5 Å². The zero-order chi connectivity index (χ0) is 11.8. The minimum absolute atomic E-state index is 0.676. The Kier molecular flexibility index (Phi) is 2.61. The zero-order valence-corrected chi connectivity index (χ0v) is 11.0. The molecular formula is C12H7BrClN3. The average molecular weight is 309 g/mol. The molecule has 84 valence electrons. The Labute approximate surface area is 111 Å². The molecule has 3 nitrogen and oxygen atoms in total. The second kappa shape index (κ2) is 4.13. The van der Waals surface area contributed by atoms with Crippen molar-refractivity contribution in [2.75, 3.05) is 0 Å². The van der Waals surface area contributed by atoms with Gasteiger partial charge >= 0.3 is 0 Å². The molecule has 3 rings (SSSR count). The van der Waals surface area contributed by atoms with Gasteiger partial charge in [-0.3, -0.25) is 0 Å². The lowest BCUT2D eigenvalue weighted by molar-refractivity contribution is 0.840. The van der Waals surface area contributed by atoms with Gasteiger partial charge in [0.1, 0.15) is 10.3 Å². The molecule has 0 fully saturated rings. The van der Waals surface area contributed by atoms with E-state index in [4.69, 9.17) is 11.6 Å². The smallest absolute Gasteiger partial charge is 0.122 e. The van der Waals surface area contributed by atoms with Crippen LogP contribution in [0.3, 0.4) is 0 Å². The molecule has 0 saturated heterocycles. The van der Waals surface area contributed by atoms with Crippen molar-refractivity contribution in [1.29, 1.82) is 0 Å². The van der Waals surface area contributed by atoms with Gasteiger partial charge in [0.2, 0.25) is 0 Å². The van der Waals surface area contributed by atoms with Gasteiger partial charge in [-0.05, 0) is 34.1 Å². The van der Waals surface area contributed by atoms with Gasteiger partial charge in [-0.25, -0.2) is 4.52 Å². The summed E-state index contributed by atoms with van der Waals surface area (Å²) in [6.07, 6.45) is 0. The minimum atomic E-state index is 0.676. The molecule has 3 aromatic rings. The van der Waals surface area contributed by atoms with Crippen molar-refractivity contribution in [2.45, 2.75) is 0 Å². The number of pyridine rings is 1. The summed E-state index contributed by atoms with van der Waals surface area (Å²) in [5, 5.41) is 8.96. The lowest BCUT2D eigenvalue weighted by Crippen LogP contribution is -1.88. The molecule has 0 N–H and O–H groups in total. The molecule has 5 heteroatoms. The number of rotatable bonds is 1. The number of aromatic nitrogens is 3. The molecule has 0 amide bonds. The molecule has 0 aliphatic carbocycles. The SMILES string of the molecule is Clc1ccccc1-c1nnn2c(Br)cccc12. The van der Waals surface area contributed by atoms with E-state index in [1.165, 1.54) is 0 Å². The molecular weight excluding hydrogens is 302 g/mol. The Bertz CT molecular complexity index is 693. The van der Waals surface area contributed by atoms with Gasteiger partial charge in [0.25, 0.3) is 0 Å². The van der Waals surface area contributed by atoms with Gasteiger partial charge in [0, 0.05) is 5.56 Å². The Morgan fingerprint density at radius 1 is 1.06 bits per heavy atom. The zero-order valence-electron chi connectivity index (χ0n) is 8.64. The topological polar surface area (TPSA) is 30.2 Å². The predicted molar refractivity (Wildman–Crippen MR) is 71.1 cm³/mol. The van der Waals surface area contributed by atoms with Crippen LogP contribution in [0.2, 0.25) is 5.02 Å². The maximum absolute atomic E-state index is 6.17. The van der Waals surface area contributed by atoms with E-state index in [0.717, 1.165) is 21.4 Å². The number of nitrogens with zero attached hydrogens (tertiary/aromatic N) is 3. The normalized spacial score (nSPS) is 10.9. The summed E-state index contributed by atoms with van der Waals surface area (Å²) in [4.78, 5) is 0. The van der Waals surface area contributed by atoms with Crippen LogP contribution in [0.25, 0.3) is 16.8 Å². The summed E-state index contributed by atoms with van der Waals surface area (Å²) < 4.78 is 2.60. The van der Waals surface area contributed by atoms with E-state index >= 15 is 0 Å². The van der Waals surface area contributed by atoms with Gasteiger partial charge in [0.15, 0.2) is 0 Å². The maximum Gasteiger partial charge on any atom is 0.122 e. The second-order valence-electron chi connectivity index (χ2n) is 3.56. The van der Waals surface area contributed by atoms with Crippen LogP contribution in [0.4, 0.5) is 0 Å². The second-order valence-corrected chi connectivity index (χ2v) is 4.78. The molecule has 0 atom stereocenters. The standard InChI is InChI=1S/C12H7BrClN3/c13-11-7-3-6-10-12(15-16-17(10)11)8-4-1-2-5-9(8)14/h1-7H. The van der Waals surface area contributed by atoms with Crippen LogP contribution < -0.4 is 0 Å². The van der Waals surface area contributed by atoms with E-state index in [0.29, 0.717) is 5.02 Å².